The maximum absolute atomic E-state index is 11.1. The number of hydrogen-bond donors (Lipinski definition) is 1. The van der Waals surface area contributed by atoms with Gasteiger partial charge in [-0.1, -0.05) is 19.8 Å². The zero-order chi connectivity index (χ0) is 11.8. The van der Waals surface area contributed by atoms with Gasteiger partial charge in [0.15, 0.2) is 0 Å². The molecule has 0 heterocycles. The lowest BCUT2D eigenvalue weighted by Gasteiger charge is -2.19. The van der Waals surface area contributed by atoms with Crippen molar-refractivity contribution in [2.75, 3.05) is 13.2 Å². The lowest BCUT2D eigenvalue weighted by molar-refractivity contribution is -0.143. The van der Waals surface area contributed by atoms with Crippen molar-refractivity contribution in [3.63, 3.8) is 0 Å². The number of esters is 1. The molecule has 0 aromatic rings. The first-order chi connectivity index (χ1) is 7.77. The van der Waals surface area contributed by atoms with E-state index >= 15 is 0 Å². The summed E-state index contributed by atoms with van der Waals surface area (Å²) in [5, 5.41) is 3.57. The van der Waals surface area contributed by atoms with Crippen LogP contribution in [-0.4, -0.2) is 25.2 Å². The minimum absolute atomic E-state index is 0.0669. The molecule has 2 atom stereocenters. The third-order valence-electron chi connectivity index (χ3n) is 3.45. The summed E-state index contributed by atoms with van der Waals surface area (Å²) in [5.41, 5.74) is 0. The fourth-order valence-electron chi connectivity index (χ4n) is 2.55. The van der Waals surface area contributed by atoms with Gasteiger partial charge in [0.1, 0.15) is 0 Å². The molecule has 1 fully saturated rings. The molecular weight excluding hydrogens is 202 g/mol. The first-order valence-corrected chi connectivity index (χ1v) is 6.66. The molecule has 0 bridgehead atoms. The number of carbonyl (C=O) groups is 1. The monoisotopic (exact) mass is 227 g/mol. The second kappa shape index (κ2) is 7.66. The minimum Gasteiger partial charge on any atom is -0.466 e. The molecule has 1 aliphatic rings. The van der Waals surface area contributed by atoms with E-state index in [2.05, 4.69) is 12.2 Å². The fraction of sp³-hybridized carbons (Fsp3) is 0.923. The Morgan fingerprint density at radius 2 is 2.19 bits per heavy atom. The Hall–Kier alpha value is -0.570. The van der Waals surface area contributed by atoms with E-state index in [1.54, 1.807) is 0 Å². The molecule has 3 heteroatoms. The van der Waals surface area contributed by atoms with E-state index in [0.29, 0.717) is 19.1 Å². The number of carbonyl (C=O) groups excluding carboxylic acids is 1. The summed E-state index contributed by atoms with van der Waals surface area (Å²) in [6, 6.07) is 0.687. The Bertz CT molecular complexity index is 206. The van der Waals surface area contributed by atoms with Crippen LogP contribution in [0.1, 0.15) is 52.4 Å². The van der Waals surface area contributed by atoms with Gasteiger partial charge >= 0.3 is 5.97 Å². The van der Waals surface area contributed by atoms with Crippen LogP contribution in [0, 0.1) is 5.92 Å². The van der Waals surface area contributed by atoms with Gasteiger partial charge in [0.25, 0.3) is 0 Å². The molecule has 1 N–H and O–H groups in total. The number of rotatable bonds is 7. The normalized spacial score (nSPS) is 24.6. The molecule has 0 spiro atoms. The van der Waals surface area contributed by atoms with E-state index in [9.17, 15) is 4.79 Å². The smallest absolute Gasteiger partial charge is 0.305 e. The van der Waals surface area contributed by atoms with E-state index in [0.717, 1.165) is 18.9 Å². The van der Waals surface area contributed by atoms with E-state index in [4.69, 9.17) is 4.74 Å². The fourth-order valence-corrected chi connectivity index (χ4v) is 2.55. The summed E-state index contributed by atoms with van der Waals surface area (Å²) < 4.78 is 4.89. The standard InChI is InChI=1S/C13H25NO2/c1-3-11-7-5-8-12(11)14-10-6-9-13(15)16-4-2/h11-12,14H,3-10H2,1-2H3. The van der Waals surface area contributed by atoms with E-state index in [-0.39, 0.29) is 5.97 Å². The van der Waals surface area contributed by atoms with Gasteiger partial charge in [-0.2, -0.15) is 0 Å². The Balaban J connectivity index is 2.04. The third-order valence-corrected chi connectivity index (χ3v) is 3.45. The van der Waals surface area contributed by atoms with Gasteiger partial charge in [0.2, 0.25) is 0 Å². The molecule has 16 heavy (non-hydrogen) atoms. The Morgan fingerprint density at radius 1 is 1.38 bits per heavy atom. The van der Waals surface area contributed by atoms with Crippen LogP contribution in [0.4, 0.5) is 0 Å². The van der Waals surface area contributed by atoms with Crippen LogP contribution in [-0.2, 0) is 9.53 Å². The van der Waals surface area contributed by atoms with Crippen molar-refractivity contribution in [3.8, 4) is 0 Å². The van der Waals surface area contributed by atoms with Crippen LogP contribution in [0.25, 0.3) is 0 Å². The summed E-state index contributed by atoms with van der Waals surface area (Å²) in [4.78, 5) is 11.1. The highest BCUT2D eigenvalue weighted by Crippen LogP contribution is 2.27. The van der Waals surface area contributed by atoms with Crippen molar-refractivity contribution in [2.45, 2.75) is 58.4 Å². The molecule has 2 unspecified atom stereocenters. The molecule has 0 saturated heterocycles. The molecule has 0 radical (unpaired) electrons. The highest BCUT2D eigenvalue weighted by molar-refractivity contribution is 5.69. The minimum atomic E-state index is -0.0669. The molecule has 1 aliphatic carbocycles. The van der Waals surface area contributed by atoms with Gasteiger partial charge in [-0.05, 0) is 38.6 Å². The zero-order valence-electron chi connectivity index (χ0n) is 10.6. The first kappa shape index (κ1) is 13.5. The van der Waals surface area contributed by atoms with Crippen molar-refractivity contribution >= 4 is 5.97 Å². The average molecular weight is 227 g/mol. The van der Waals surface area contributed by atoms with Crippen LogP contribution < -0.4 is 5.32 Å². The molecule has 0 amide bonds. The van der Waals surface area contributed by atoms with Crippen LogP contribution in [0.15, 0.2) is 0 Å². The highest BCUT2D eigenvalue weighted by Gasteiger charge is 2.24. The van der Waals surface area contributed by atoms with Gasteiger partial charge < -0.3 is 10.1 Å². The van der Waals surface area contributed by atoms with E-state index in [1.165, 1.54) is 25.7 Å². The highest BCUT2D eigenvalue weighted by atomic mass is 16.5. The maximum atomic E-state index is 11.1. The van der Waals surface area contributed by atoms with Crippen molar-refractivity contribution < 1.29 is 9.53 Å². The average Bonchev–Trinajstić information content (AvgIpc) is 2.72. The van der Waals surface area contributed by atoms with Crippen LogP contribution in [0.2, 0.25) is 0 Å². The van der Waals surface area contributed by atoms with Crippen molar-refractivity contribution in [1.29, 1.82) is 0 Å². The summed E-state index contributed by atoms with van der Waals surface area (Å²) in [6.07, 6.45) is 6.74. The Labute approximate surface area is 98.9 Å². The number of ether oxygens (including phenoxy) is 1. The molecular formula is C13H25NO2. The van der Waals surface area contributed by atoms with Crippen LogP contribution >= 0.6 is 0 Å². The summed E-state index contributed by atoms with van der Waals surface area (Å²) in [6.45, 7) is 5.55. The first-order valence-electron chi connectivity index (χ1n) is 6.66. The summed E-state index contributed by atoms with van der Waals surface area (Å²) >= 11 is 0. The topological polar surface area (TPSA) is 38.3 Å². The van der Waals surface area contributed by atoms with Gasteiger partial charge in [0.05, 0.1) is 6.61 Å². The SMILES string of the molecule is CCOC(=O)CCCNC1CCCC1CC. The predicted molar refractivity (Wildman–Crippen MR) is 65.3 cm³/mol. The quantitative estimate of drug-likeness (QED) is 0.536. The molecule has 1 rings (SSSR count). The van der Waals surface area contributed by atoms with Crippen molar-refractivity contribution in [3.05, 3.63) is 0 Å². The van der Waals surface area contributed by atoms with E-state index in [1.807, 2.05) is 6.92 Å². The van der Waals surface area contributed by atoms with Gasteiger partial charge in [-0.25, -0.2) is 0 Å². The van der Waals surface area contributed by atoms with Crippen LogP contribution in [0.5, 0.6) is 0 Å². The molecule has 0 aliphatic heterocycles. The van der Waals surface area contributed by atoms with Gasteiger partial charge in [-0.3, -0.25) is 4.79 Å². The molecule has 1 saturated carbocycles. The summed E-state index contributed by atoms with van der Waals surface area (Å²) in [7, 11) is 0. The molecule has 0 aromatic heterocycles. The third kappa shape index (κ3) is 4.52. The zero-order valence-corrected chi connectivity index (χ0v) is 10.6. The second-order valence-corrected chi connectivity index (χ2v) is 4.57. The number of hydrogen-bond acceptors (Lipinski definition) is 3. The van der Waals surface area contributed by atoms with Crippen molar-refractivity contribution in [2.24, 2.45) is 5.92 Å². The lowest BCUT2D eigenvalue weighted by atomic mass is 10.0. The van der Waals surface area contributed by atoms with Crippen LogP contribution in [0.3, 0.4) is 0 Å². The molecule has 94 valence electrons. The second-order valence-electron chi connectivity index (χ2n) is 4.57. The Morgan fingerprint density at radius 3 is 2.88 bits per heavy atom. The van der Waals surface area contributed by atoms with Gasteiger partial charge in [0, 0.05) is 12.5 Å². The van der Waals surface area contributed by atoms with Crippen molar-refractivity contribution in [1.82, 2.24) is 5.32 Å². The van der Waals surface area contributed by atoms with E-state index < -0.39 is 0 Å². The molecule has 0 aromatic carbocycles. The van der Waals surface area contributed by atoms with Gasteiger partial charge in [-0.15, -0.1) is 0 Å². The lowest BCUT2D eigenvalue weighted by Crippen LogP contribution is -2.33. The summed E-state index contributed by atoms with van der Waals surface area (Å²) in [5.74, 6) is 0.783. The maximum Gasteiger partial charge on any atom is 0.305 e. The largest absolute Gasteiger partial charge is 0.466 e. The predicted octanol–water partition coefficient (Wildman–Crippen LogP) is 2.50. The number of nitrogens with one attached hydrogen (secondary N) is 1. The Kier molecular flexibility index (Phi) is 6.46. The molecule has 3 nitrogen and oxygen atoms in total.